The number of ether oxygens (including phenoxy) is 3. The molecule has 0 aliphatic carbocycles. The summed E-state index contributed by atoms with van der Waals surface area (Å²) < 4.78 is 14.6. The highest BCUT2D eigenvalue weighted by molar-refractivity contribution is 5.87. The van der Waals surface area contributed by atoms with Crippen molar-refractivity contribution in [3.05, 3.63) is 0 Å². The molecule has 0 fully saturated rings. The summed E-state index contributed by atoms with van der Waals surface area (Å²) in [7, 11) is 1.52. The van der Waals surface area contributed by atoms with Gasteiger partial charge in [0, 0.05) is 7.11 Å². The second-order valence-electron chi connectivity index (χ2n) is 4.48. The molecular weight excluding hydrogens is 280 g/mol. The highest BCUT2D eigenvalue weighted by Gasteiger charge is 2.27. The molecule has 0 heterocycles. The Hall–Kier alpha value is -1.67. The molecule has 0 saturated heterocycles. The summed E-state index contributed by atoms with van der Waals surface area (Å²) in [6.07, 6.45) is -0.00768. The Morgan fingerprint density at radius 1 is 1.24 bits per heavy atom. The van der Waals surface area contributed by atoms with Crippen molar-refractivity contribution in [1.82, 2.24) is 5.32 Å². The summed E-state index contributed by atoms with van der Waals surface area (Å²) in [4.78, 5) is 34.4. The molecule has 8 nitrogen and oxygen atoms in total. The summed E-state index contributed by atoms with van der Waals surface area (Å²) in [6, 6.07) is -0.951. The van der Waals surface area contributed by atoms with Crippen LogP contribution >= 0.6 is 0 Å². The minimum absolute atomic E-state index is 0.00768. The van der Waals surface area contributed by atoms with E-state index < -0.39 is 29.7 Å². The highest BCUT2D eigenvalue weighted by Crippen LogP contribution is 2.09. The van der Waals surface area contributed by atoms with Gasteiger partial charge in [0.2, 0.25) is 11.8 Å². The average Bonchev–Trinajstić information content (AvgIpc) is 2.40. The molecule has 0 bridgehead atoms. The molecule has 0 aliphatic heterocycles. The fourth-order valence-corrected chi connectivity index (χ4v) is 1.62. The highest BCUT2D eigenvalue weighted by atomic mass is 16.5. The van der Waals surface area contributed by atoms with Gasteiger partial charge in [-0.3, -0.25) is 14.4 Å². The lowest BCUT2D eigenvalue weighted by Gasteiger charge is -2.21. The summed E-state index contributed by atoms with van der Waals surface area (Å²) in [5, 5.41) is 2.45. The molecule has 21 heavy (non-hydrogen) atoms. The van der Waals surface area contributed by atoms with E-state index in [1.165, 1.54) is 7.11 Å². The van der Waals surface area contributed by atoms with Gasteiger partial charge in [-0.05, 0) is 12.8 Å². The van der Waals surface area contributed by atoms with Crippen molar-refractivity contribution < 1.29 is 28.6 Å². The lowest BCUT2D eigenvalue weighted by Crippen LogP contribution is -2.50. The standard InChI is InChI=1S/C13H24N2O6/c1-4-21-11(17)7-9(2)12(13(14)18)15-10(16)8-20-6-5-19-3/h9,12H,4-8H2,1-3H3,(H2,14,18)(H,15,16)/t9-,12+/m1/s1. The fourth-order valence-electron chi connectivity index (χ4n) is 1.62. The third-order valence-electron chi connectivity index (χ3n) is 2.65. The second kappa shape index (κ2) is 11.0. The van der Waals surface area contributed by atoms with Gasteiger partial charge in [0.25, 0.3) is 0 Å². The van der Waals surface area contributed by atoms with Gasteiger partial charge < -0.3 is 25.3 Å². The number of hydrogen-bond acceptors (Lipinski definition) is 6. The molecule has 8 heteroatoms. The van der Waals surface area contributed by atoms with Crippen LogP contribution in [0.25, 0.3) is 0 Å². The maximum absolute atomic E-state index is 11.6. The van der Waals surface area contributed by atoms with Crippen molar-refractivity contribution in [2.75, 3.05) is 33.5 Å². The number of nitrogens with one attached hydrogen (secondary N) is 1. The Labute approximate surface area is 124 Å². The van der Waals surface area contributed by atoms with Gasteiger partial charge in [-0.25, -0.2) is 0 Å². The van der Waals surface area contributed by atoms with Crippen LogP contribution in [0.4, 0.5) is 0 Å². The van der Waals surface area contributed by atoms with Crippen molar-refractivity contribution in [3.63, 3.8) is 0 Å². The molecule has 0 unspecified atom stereocenters. The first-order chi connectivity index (χ1) is 9.92. The Kier molecular flexibility index (Phi) is 10.2. The predicted molar refractivity (Wildman–Crippen MR) is 74.2 cm³/mol. The smallest absolute Gasteiger partial charge is 0.306 e. The van der Waals surface area contributed by atoms with E-state index in [2.05, 4.69) is 5.32 Å². The van der Waals surface area contributed by atoms with E-state index in [1.54, 1.807) is 13.8 Å². The topological polar surface area (TPSA) is 117 Å². The van der Waals surface area contributed by atoms with Crippen molar-refractivity contribution in [3.8, 4) is 0 Å². The number of esters is 1. The number of carbonyl (C=O) groups excluding carboxylic acids is 3. The van der Waals surface area contributed by atoms with E-state index in [4.69, 9.17) is 19.9 Å². The number of hydrogen-bond donors (Lipinski definition) is 2. The van der Waals surface area contributed by atoms with Crippen LogP contribution in [0.15, 0.2) is 0 Å². The van der Waals surface area contributed by atoms with Crippen LogP contribution in [0.2, 0.25) is 0 Å². The molecule has 2 amide bonds. The quantitative estimate of drug-likeness (QED) is 0.381. The van der Waals surface area contributed by atoms with Crippen LogP contribution < -0.4 is 11.1 Å². The normalized spacial score (nSPS) is 13.3. The maximum atomic E-state index is 11.6. The molecule has 0 radical (unpaired) electrons. The van der Waals surface area contributed by atoms with Gasteiger partial charge >= 0.3 is 5.97 Å². The average molecular weight is 304 g/mol. The number of primary amides is 1. The Morgan fingerprint density at radius 3 is 2.43 bits per heavy atom. The summed E-state index contributed by atoms with van der Waals surface area (Å²) in [5.41, 5.74) is 5.25. The van der Waals surface area contributed by atoms with Gasteiger partial charge in [-0.1, -0.05) is 6.92 Å². The van der Waals surface area contributed by atoms with Crippen molar-refractivity contribution >= 4 is 17.8 Å². The number of carbonyl (C=O) groups is 3. The summed E-state index contributed by atoms with van der Waals surface area (Å²) >= 11 is 0. The van der Waals surface area contributed by atoms with Gasteiger partial charge in [-0.2, -0.15) is 0 Å². The third-order valence-corrected chi connectivity index (χ3v) is 2.65. The van der Waals surface area contributed by atoms with Crippen LogP contribution in [0, 0.1) is 5.92 Å². The molecule has 2 atom stereocenters. The lowest BCUT2D eigenvalue weighted by molar-refractivity contribution is -0.145. The number of nitrogens with two attached hydrogens (primary N) is 1. The third kappa shape index (κ3) is 8.98. The monoisotopic (exact) mass is 304 g/mol. The molecule has 122 valence electrons. The first-order valence-electron chi connectivity index (χ1n) is 6.73. The lowest BCUT2D eigenvalue weighted by atomic mass is 9.97. The minimum atomic E-state index is -0.951. The van der Waals surface area contributed by atoms with Crippen LogP contribution in [0.5, 0.6) is 0 Å². The zero-order valence-corrected chi connectivity index (χ0v) is 12.7. The Morgan fingerprint density at radius 2 is 1.90 bits per heavy atom. The van der Waals surface area contributed by atoms with E-state index in [0.29, 0.717) is 6.61 Å². The van der Waals surface area contributed by atoms with E-state index in [0.717, 1.165) is 0 Å². The Bertz CT molecular complexity index is 348. The van der Waals surface area contributed by atoms with Gasteiger partial charge in [0.15, 0.2) is 0 Å². The number of rotatable bonds is 11. The van der Waals surface area contributed by atoms with E-state index in [-0.39, 0.29) is 26.2 Å². The molecule has 0 aromatic heterocycles. The molecule has 0 spiro atoms. The summed E-state index contributed by atoms with van der Waals surface area (Å²) in [5.74, 6) is -2.10. The van der Waals surface area contributed by atoms with Crippen LogP contribution in [-0.4, -0.2) is 57.4 Å². The van der Waals surface area contributed by atoms with Crippen LogP contribution in [0.3, 0.4) is 0 Å². The molecular formula is C13H24N2O6. The largest absolute Gasteiger partial charge is 0.466 e. The first-order valence-corrected chi connectivity index (χ1v) is 6.73. The van der Waals surface area contributed by atoms with Gasteiger partial charge in [-0.15, -0.1) is 0 Å². The molecule has 0 aromatic rings. The minimum Gasteiger partial charge on any atom is -0.466 e. The Balaban J connectivity index is 4.31. The van der Waals surface area contributed by atoms with Crippen LogP contribution in [0.1, 0.15) is 20.3 Å². The van der Waals surface area contributed by atoms with Crippen molar-refractivity contribution in [2.45, 2.75) is 26.3 Å². The number of methoxy groups -OCH3 is 1. The van der Waals surface area contributed by atoms with Crippen molar-refractivity contribution in [2.24, 2.45) is 11.7 Å². The molecule has 3 N–H and O–H groups in total. The zero-order chi connectivity index (χ0) is 16.3. The van der Waals surface area contributed by atoms with E-state index in [9.17, 15) is 14.4 Å². The SMILES string of the molecule is CCOC(=O)C[C@@H](C)[C@H](NC(=O)COCCOC)C(N)=O. The van der Waals surface area contributed by atoms with Gasteiger partial charge in [0.1, 0.15) is 12.6 Å². The van der Waals surface area contributed by atoms with E-state index in [1.807, 2.05) is 0 Å². The molecule has 0 aliphatic rings. The zero-order valence-electron chi connectivity index (χ0n) is 12.7. The van der Waals surface area contributed by atoms with Gasteiger partial charge in [0.05, 0.1) is 26.2 Å². The number of amides is 2. The van der Waals surface area contributed by atoms with Crippen LogP contribution in [-0.2, 0) is 28.6 Å². The maximum Gasteiger partial charge on any atom is 0.306 e. The van der Waals surface area contributed by atoms with E-state index >= 15 is 0 Å². The molecule has 0 saturated carbocycles. The molecule has 0 aromatic carbocycles. The summed E-state index contributed by atoms with van der Waals surface area (Å²) in [6.45, 7) is 4.01. The first kappa shape index (κ1) is 19.3. The predicted octanol–water partition coefficient (Wildman–Crippen LogP) is -0.791. The fraction of sp³-hybridized carbons (Fsp3) is 0.769. The second-order valence-corrected chi connectivity index (χ2v) is 4.48. The molecule has 0 rings (SSSR count). The van der Waals surface area contributed by atoms with Crippen molar-refractivity contribution in [1.29, 1.82) is 0 Å².